The van der Waals surface area contributed by atoms with Crippen LogP contribution in [0.5, 0.6) is 0 Å². The average molecular weight is 510 g/mol. The molecule has 196 valence electrons. The van der Waals surface area contributed by atoms with Crippen molar-refractivity contribution in [3.63, 3.8) is 0 Å². The molecule has 2 amide bonds. The molecule has 4 rings (SSSR count). The van der Waals surface area contributed by atoms with Crippen molar-refractivity contribution in [1.82, 2.24) is 10.6 Å². The maximum absolute atomic E-state index is 13.8. The summed E-state index contributed by atoms with van der Waals surface area (Å²) in [5.74, 6) is -1.05. The number of aliphatic hydroxyl groups is 1. The number of halogens is 2. The van der Waals surface area contributed by atoms with Crippen LogP contribution in [0.3, 0.4) is 0 Å². The summed E-state index contributed by atoms with van der Waals surface area (Å²) < 4.78 is 33.4. The number of nitrogens with one attached hydrogen (secondary N) is 3. The lowest BCUT2D eigenvalue weighted by Gasteiger charge is -2.30. The molecule has 1 aliphatic heterocycles. The fraction of sp³-hybridized carbons (Fsp3) is 0.345. The van der Waals surface area contributed by atoms with Gasteiger partial charge in [-0.05, 0) is 58.9 Å². The Bertz CT molecular complexity index is 1190. The minimum absolute atomic E-state index is 0.0367. The van der Waals surface area contributed by atoms with Gasteiger partial charge in [0, 0.05) is 18.3 Å². The molecule has 4 N–H and O–H groups in total. The Morgan fingerprint density at radius 3 is 2.49 bits per heavy atom. The highest BCUT2D eigenvalue weighted by Gasteiger charge is 2.26. The van der Waals surface area contributed by atoms with E-state index in [2.05, 4.69) is 48.0 Å². The lowest BCUT2D eigenvalue weighted by atomic mass is 9.92. The maximum atomic E-state index is 13.8. The number of amides is 2. The van der Waals surface area contributed by atoms with E-state index >= 15 is 0 Å². The lowest BCUT2D eigenvalue weighted by molar-refractivity contribution is 0.0708. The van der Waals surface area contributed by atoms with Crippen molar-refractivity contribution in [2.75, 3.05) is 18.5 Å². The molecule has 8 heteroatoms. The van der Waals surface area contributed by atoms with Gasteiger partial charge in [0.1, 0.15) is 11.6 Å². The third-order valence-corrected chi connectivity index (χ3v) is 6.52. The number of rotatable bonds is 9. The molecule has 3 aromatic rings. The Kier molecular flexibility index (Phi) is 8.87. The summed E-state index contributed by atoms with van der Waals surface area (Å²) >= 11 is 0. The van der Waals surface area contributed by atoms with E-state index in [0.29, 0.717) is 30.4 Å². The molecule has 37 heavy (non-hydrogen) atoms. The van der Waals surface area contributed by atoms with Crippen molar-refractivity contribution in [2.45, 2.75) is 51.0 Å². The second kappa shape index (κ2) is 12.3. The summed E-state index contributed by atoms with van der Waals surface area (Å²) in [7, 11) is 0. The number of carbonyl (C=O) groups excluding carboxylic acids is 1. The number of hydrogen-bond donors (Lipinski definition) is 4. The van der Waals surface area contributed by atoms with E-state index in [4.69, 9.17) is 4.74 Å². The highest BCUT2D eigenvalue weighted by atomic mass is 19.1. The van der Waals surface area contributed by atoms with Gasteiger partial charge < -0.3 is 25.8 Å². The molecule has 0 bridgehead atoms. The highest BCUT2D eigenvalue weighted by Crippen LogP contribution is 2.28. The molecule has 3 atom stereocenters. The lowest BCUT2D eigenvalue weighted by Crippen LogP contribution is -2.50. The minimum Gasteiger partial charge on any atom is -0.390 e. The van der Waals surface area contributed by atoms with E-state index in [9.17, 15) is 18.7 Å². The first-order chi connectivity index (χ1) is 17.8. The summed E-state index contributed by atoms with van der Waals surface area (Å²) in [4.78, 5) is 12.7. The quantitative estimate of drug-likeness (QED) is 0.326. The number of para-hydroxylation sites is 1. The molecule has 0 spiro atoms. The smallest absolute Gasteiger partial charge is 0.319 e. The first-order valence-corrected chi connectivity index (χ1v) is 12.5. The Morgan fingerprint density at radius 2 is 1.78 bits per heavy atom. The maximum Gasteiger partial charge on any atom is 0.319 e. The monoisotopic (exact) mass is 509 g/mol. The minimum atomic E-state index is -1.05. The van der Waals surface area contributed by atoms with E-state index in [-0.39, 0.29) is 19.0 Å². The molecule has 1 aliphatic rings. The van der Waals surface area contributed by atoms with Gasteiger partial charge in [0.15, 0.2) is 0 Å². The third kappa shape index (κ3) is 7.35. The average Bonchev–Trinajstić information content (AvgIpc) is 2.86. The first kappa shape index (κ1) is 26.7. The predicted octanol–water partition coefficient (Wildman–Crippen LogP) is 5.04. The summed E-state index contributed by atoms with van der Waals surface area (Å²) in [6, 6.07) is 16.9. The number of carbonyl (C=O) groups is 1. The van der Waals surface area contributed by atoms with Gasteiger partial charge in [0.25, 0.3) is 0 Å². The molecule has 0 radical (unpaired) electrons. The predicted molar refractivity (Wildman–Crippen MR) is 139 cm³/mol. The molecule has 0 fully saturated rings. The number of anilines is 1. The largest absolute Gasteiger partial charge is 0.390 e. The van der Waals surface area contributed by atoms with Gasteiger partial charge >= 0.3 is 6.03 Å². The van der Waals surface area contributed by atoms with Crippen molar-refractivity contribution in [1.29, 1.82) is 0 Å². The molecule has 0 saturated carbocycles. The molecule has 1 heterocycles. The fourth-order valence-corrected chi connectivity index (χ4v) is 4.50. The summed E-state index contributed by atoms with van der Waals surface area (Å²) in [5, 5.41) is 20.0. The third-order valence-electron chi connectivity index (χ3n) is 6.52. The van der Waals surface area contributed by atoms with Crippen molar-refractivity contribution >= 4 is 11.7 Å². The van der Waals surface area contributed by atoms with Crippen molar-refractivity contribution in [3.05, 3.63) is 101 Å². The van der Waals surface area contributed by atoms with Crippen LogP contribution in [0.2, 0.25) is 0 Å². The van der Waals surface area contributed by atoms with Gasteiger partial charge in [0.05, 0.1) is 31.4 Å². The number of fused-ring (bicyclic) bond motifs is 1. The summed E-state index contributed by atoms with van der Waals surface area (Å²) in [6.45, 7) is 5.39. The van der Waals surface area contributed by atoms with Gasteiger partial charge in [-0.15, -0.1) is 0 Å². The van der Waals surface area contributed by atoms with Gasteiger partial charge in [-0.25, -0.2) is 13.6 Å². The summed E-state index contributed by atoms with van der Waals surface area (Å²) in [5.41, 5.74) is 4.35. The Morgan fingerprint density at radius 1 is 1.05 bits per heavy atom. The van der Waals surface area contributed by atoms with Crippen molar-refractivity contribution < 1.29 is 23.4 Å². The van der Waals surface area contributed by atoms with Crippen LogP contribution in [0.15, 0.2) is 66.7 Å². The van der Waals surface area contributed by atoms with Crippen LogP contribution in [0.25, 0.3) is 0 Å². The molecule has 6 nitrogen and oxygen atoms in total. The van der Waals surface area contributed by atoms with Crippen LogP contribution in [-0.2, 0) is 17.8 Å². The van der Waals surface area contributed by atoms with E-state index in [1.54, 1.807) is 24.3 Å². The number of aliphatic hydroxyl groups excluding tert-OH is 1. The second-order valence-electron chi connectivity index (χ2n) is 9.71. The standard InChI is InChI=1S/C29H33F2N3O3/c1-18(2)20-8-9-21-16-37-17-27(25(21)13-20)32-15-28(35)26(12-19-10-22(30)14-23(31)11-19)34-29(36)33-24-6-4-3-5-7-24/h3-11,13-14,18,26-28,32,35H,12,15-17H2,1-2H3,(H2,33,34,36)/t26-,27?,28+/m0/s1. The molecule has 0 aliphatic carbocycles. The van der Waals surface area contributed by atoms with E-state index in [1.165, 1.54) is 17.7 Å². The molecule has 1 unspecified atom stereocenters. The van der Waals surface area contributed by atoms with Crippen LogP contribution in [-0.4, -0.2) is 36.4 Å². The van der Waals surface area contributed by atoms with Crippen LogP contribution in [0, 0.1) is 11.6 Å². The highest BCUT2D eigenvalue weighted by molar-refractivity contribution is 5.89. The van der Waals surface area contributed by atoms with Crippen molar-refractivity contribution in [3.8, 4) is 0 Å². The van der Waals surface area contributed by atoms with Gasteiger partial charge in [0.2, 0.25) is 0 Å². The summed E-state index contributed by atoms with van der Waals surface area (Å²) in [6.07, 6.45) is -1.01. The number of hydrogen-bond acceptors (Lipinski definition) is 4. The van der Waals surface area contributed by atoms with Crippen LogP contribution in [0.1, 0.15) is 48.1 Å². The zero-order chi connectivity index (χ0) is 26.4. The molecular formula is C29H33F2N3O3. The van der Waals surface area contributed by atoms with Crippen LogP contribution < -0.4 is 16.0 Å². The molecule has 0 saturated heterocycles. The Balaban J connectivity index is 1.48. The fourth-order valence-electron chi connectivity index (χ4n) is 4.50. The zero-order valence-corrected chi connectivity index (χ0v) is 21.0. The van der Waals surface area contributed by atoms with Gasteiger partial charge in [-0.1, -0.05) is 50.2 Å². The van der Waals surface area contributed by atoms with E-state index in [0.717, 1.165) is 17.2 Å². The topological polar surface area (TPSA) is 82.6 Å². The number of ether oxygens (including phenoxy) is 1. The second-order valence-corrected chi connectivity index (χ2v) is 9.71. The number of urea groups is 1. The number of benzene rings is 3. The van der Waals surface area contributed by atoms with Crippen LogP contribution >= 0.6 is 0 Å². The van der Waals surface area contributed by atoms with Gasteiger partial charge in [-0.3, -0.25) is 0 Å². The van der Waals surface area contributed by atoms with Crippen molar-refractivity contribution in [2.24, 2.45) is 0 Å². The van der Waals surface area contributed by atoms with E-state index in [1.807, 2.05) is 6.07 Å². The normalized spacial score (nSPS) is 16.6. The molecule has 3 aromatic carbocycles. The van der Waals surface area contributed by atoms with Crippen LogP contribution in [0.4, 0.5) is 19.3 Å². The SMILES string of the molecule is CC(C)c1ccc2c(c1)C(NC[C@@H](O)[C@H](Cc1cc(F)cc(F)c1)NC(=O)Nc1ccccc1)COC2. The molecule has 0 aromatic heterocycles. The Labute approximate surface area is 216 Å². The first-order valence-electron chi connectivity index (χ1n) is 12.5. The Hall–Kier alpha value is -3.33. The van der Waals surface area contributed by atoms with Gasteiger partial charge in [-0.2, -0.15) is 0 Å². The zero-order valence-electron chi connectivity index (χ0n) is 21.0. The molecular weight excluding hydrogens is 476 g/mol. The van der Waals surface area contributed by atoms with E-state index < -0.39 is 29.8 Å².